The maximum Gasteiger partial charge on any atom is 0.341 e. The highest BCUT2D eigenvalue weighted by molar-refractivity contribution is 7.98. The first-order chi connectivity index (χ1) is 11.6. The highest BCUT2D eigenvalue weighted by Crippen LogP contribution is 2.31. The van der Waals surface area contributed by atoms with Gasteiger partial charge >= 0.3 is 5.97 Å². The van der Waals surface area contributed by atoms with Crippen LogP contribution in [0.2, 0.25) is 0 Å². The van der Waals surface area contributed by atoms with Crippen LogP contribution in [0.1, 0.15) is 22.8 Å². The predicted molar refractivity (Wildman–Crippen MR) is 93.4 cm³/mol. The largest absolute Gasteiger partial charge is 0.452 e. The summed E-state index contributed by atoms with van der Waals surface area (Å²) >= 11 is 1.37. The van der Waals surface area contributed by atoms with Gasteiger partial charge in [0.05, 0.1) is 5.56 Å². The van der Waals surface area contributed by atoms with Crippen LogP contribution in [-0.2, 0) is 16.0 Å². The number of aromatic nitrogens is 1. The van der Waals surface area contributed by atoms with Gasteiger partial charge in [-0.05, 0) is 43.4 Å². The number of ether oxygens (including phenoxy) is 1. The first kappa shape index (κ1) is 16.5. The van der Waals surface area contributed by atoms with Crippen molar-refractivity contribution < 1.29 is 14.3 Å². The van der Waals surface area contributed by atoms with E-state index in [4.69, 9.17) is 4.74 Å². The molecule has 3 rings (SSSR count). The third kappa shape index (κ3) is 3.14. The molecule has 5 nitrogen and oxygen atoms in total. The van der Waals surface area contributed by atoms with Gasteiger partial charge in [-0.3, -0.25) is 4.79 Å². The molecule has 0 N–H and O–H groups in total. The molecule has 0 spiro atoms. The molecule has 0 bridgehead atoms. The van der Waals surface area contributed by atoms with E-state index in [2.05, 4.69) is 4.98 Å². The lowest BCUT2D eigenvalue weighted by Gasteiger charge is -2.22. The third-order valence-electron chi connectivity index (χ3n) is 3.99. The Hall–Kier alpha value is -2.34. The molecule has 0 fully saturated rings. The average molecular weight is 342 g/mol. The van der Waals surface area contributed by atoms with E-state index in [9.17, 15) is 9.59 Å². The highest BCUT2D eigenvalue weighted by atomic mass is 32.2. The second-order valence-electron chi connectivity index (χ2n) is 5.58. The zero-order valence-corrected chi connectivity index (χ0v) is 14.4. The number of carbonyl (C=O) groups is 2. The van der Waals surface area contributed by atoms with E-state index in [1.807, 2.05) is 37.4 Å². The van der Waals surface area contributed by atoms with Crippen molar-refractivity contribution in [3.63, 3.8) is 0 Å². The molecule has 1 aromatic heterocycles. The average Bonchev–Trinajstić information content (AvgIpc) is 2.95. The summed E-state index contributed by atoms with van der Waals surface area (Å²) in [5.41, 5.74) is 2.42. The SMILES string of the molecule is CSc1ncccc1C(=O)OCC(=O)N1c2ccccc2CC1C. The van der Waals surface area contributed by atoms with Gasteiger partial charge in [0.15, 0.2) is 6.61 Å². The van der Waals surface area contributed by atoms with Crippen LogP contribution in [0, 0.1) is 0 Å². The minimum Gasteiger partial charge on any atom is -0.452 e. The molecule has 124 valence electrons. The molecule has 0 aliphatic carbocycles. The van der Waals surface area contributed by atoms with E-state index in [0.29, 0.717) is 10.6 Å². The summed E-state index contributed by atoms with van der Waals surface area (Å²) in [5, 5.41) is 0.592. The summed E-state index contributed by atoms with van der Waals surface area (Å²) in [6.45, 7) is 1.72. The number of hydrogen-bond acceptors (Lipinski definition) is 5. The number of hydrogen-bond donors (Lipinski definition) is 0. The minimum absolute atomic E-state index is 0.0637. The summed E-state index contributed by atoms with van der Waals surface area (Å²) in [4.78, 5) is 30.6. The summed E-state index contributed by atoms with van der Waals surface area (Å²) < 4.78 is 5.22. The first-order valence-electron chi connectivity index (χ1n) is 7.68. The molecular formula is C18H18N2O3S. The van der Waals surface area contributed by atoms with Crippen LogP contribution in [0.25, 0.3) is 0 Å². The number of fused-ring (bicyclic) bond motifs is 1. The Bertz CT molecular complexity index is 778. The van der Waals surface area contributed by atoms with Gasteiger partial charge in [-0.2, -0.15) is 0 Å². The quantitative estimate of drug-likeness (QED) is 0.631. The highest BCUT2D eigenvalue weighted by Gasteiger charge is 2.31. The van der Waals surface area contributed by atoms with Crippen LogP contribution in [0.4, 0.5) is 5.69 Å². The summed E-state index contributed by atoms with van der Waals surface area (Å²) in [6.07, 6.45) is 4.28. The molecular weight excluding hydrogens is 324 g/mol. The van der Waals surface area contributed by atoms with E-state index in [1.165, 1.54) is 11.8 Å². The maximum atomic E-state index is 12.5. The second kappa shape index (κ2) is 7.05. The number of thioether (sulfide) groups is 1. The van der Waals surface area contributed by atoms with E-state index in [0.717, 1.165) is 17.7 Å². The Kier molecular flexibility index (Phi) is 4.85. The molecule has 1 amide bonds. The lowest BCUT2D eigenvalue weighted by atomic mass is 10.1. The van der Waals surface area contributed by atoms with Crippen molar-refractivity contribution in [2.45, 2.75) is 24.4 Å². The standard InChI is InChI=1S/C18H18N2O3S/c1-12-10-13-6-3-4-8-15(13)20(12)16(21)11-23-18(22)14-7-5-9-19-17(14)24-2/h3-9,12H,10-11H2,1-2H3. The first-order valence-corrected chi connectivity index (χ1v) is 8.90. The fourth-order valence-electron chi connectivity index (χ4n) is 2.93. The molecule has 0 radical (unpaired) electrons. The maximum absolute atomic E-state index is 12.5. The van der Waals surface area contributed by atoms with Crippen LogP contribution in [0.15, 0.2) is 47.6 Å². The Labute approximate surface area is 145 Å². The molecule has 1 unspecified atom stereocenters. The van der Waals surface area contributed by atoms with Crippen LogP contribution < -0.4 is 4.90 Å². The van der Waals surface area contributed by atoms with Crippen molar-refractivity contribution in [3.05, 3.63) is 53.7 Å². The van der Waals surface area contributed by atoms with Gasteiger partial charge in [0, 0.05) is 17.9 Å². The number of amides is 1. The number of esters is 1. The topological polar surface area (TPSA) is 59.5 Å². The van der Waals surface area contributed by atoms with Gasteiger partial charge in [0.25, 0.3) is 5.91 Å². The van der Waals surface area contributed by atoms with Crippen molar-refractivity contribution in [1.29, 1.82) is 0 Å². The third-order valence-corrected chi connectivity index (χ3v) is 4.70. The second-order valence-corrected chi connectivity index (χ2v) is 6.38. The summed E-state index contributed by atoms with van der Waals surface area (Å²) in [7, 11) is 0. The molecule has 1 aliphatic rings. The van der Waals surface area contributed by atoms with Gasteiger partial charge in [-0.1, -0.05) is 18.2 Å². The van der Waals surface area contributed by atoms with Gasteiger partial charge in [-0.25, -0.2) is 9.78 Å². The summed E-state index contributed by atoms with van der Waals surface area (Å²) in [5.74, 6) is -0.740. The molecule has 1 atom stereocenters. The lowest BCUT2D eigenvalue weighted by Crippen LogP contribution is -2.38. The predicted octanol–water partition coefficient (Wildman–Crippen LogP) is 2.94. The molecule has 0 saturated heterocycles. The number of para-hydroxylation sites is 1. The smallest absolute Gasteiger partial charge is 0.341 e. The van der Waals surface area contributed by atoms with Crippen molar-refractivity contribution in [2.75, 3.05) is 17.8 Å². The van der Waals surface area contributed by atoms with Gasteiger partial charge in [-0.15, -0.1) is 11.8 Å². The normalized spacial score (nSPS) is 15.9. The fourth-order valence-corrected chi connectivity index (χ4v) is 3.47. The van der Waals surface area contributed by atoms with Crippen LogP contribution in [0.3, 0.4) is 0 Å². The Morgan fingerprint density at radius 2 is 2.08 bits per heavy atom. The zero-order chi connectivity index (χ0) is 17.1. The molecule has 2 heterocycles. The molecule has 0 saturated carbocycles. The Morgan fingerprint density at radius 1 is 1.29 bits per heavy atom. The van der Waals surface area contributed by atoms with Gasteiger partial charge in [0.2, 0.25) is 0 Å². The van der Waals surface area contributed by atoms with Crippen LogP contribution >= 0.6 is 11.8 Å². The molecule has 24 heavy (non-hydrogen) atoms. The van der Waals surface area contributed by atoms with E-state index < -0.39 is 5.97 Å². The zero-order valence-electron chi connectivity index (χ0n) is 13.6. The molecule has 6 heteroatoms. The van der Waals surface area contributed by atoms with Gasteiger partial charge in [0.1, 0.15) is 5.03 Å². The van der Waals surface area contributed by atoms with Crippen molar-refractivity contribution in [3.8, 4) is 0 Å². The number of rotatable bonds is 4. The van der Waals surface area contributed by atoms with Crippen LogP contribution in [-0.4, -0.2) is 35.8 Å². The molecule has 1 aliphatic heterocycles. The van der Waals surface area contributed by atoms with E-state index >= 15 is 0 Å². The van der Waals surface area contributed by atoms with E-state index in [-0.39, 0.29) is 18.6 Å². The van der Waals surface area contributed by atoms with Crippen molar-refractivity contribution >= 4 is 29.3 Å². The fraction of sp³-hybridized carbons (Fsp3) is 0.278. The number of pyridine rings is 1. The number of nitrogens with zero attached hydrogens (tertiary/aromatic N) is 2. The lowest BCUT2D eigenvalue weighted by molar-refractivity contribution is -0.122. The molecule has 2 aromatic rings. The number of anilines is 1. The minimum atomic E-state index is -0.527. The Morgan fingerprint density at radius 3 is 2.88 bits per heavy atom. The van der Waals surface area contributed by atoms with Crippen molar-refractivity contribution in [1.82, 2.24) is 4.98 Å². The Balaban J connectivity index is 1.69. The summed E-state index contributed by atoms with van der Waals surface area (Å²) in [6, 6.07) is 11.2. The molecule has 1 aromatic carbocycles. The number of benzene rings is 1. The van der Waals surface area contributed by atoms with Gasteiger partial charge < -0.3 is 9.64 Å². The monoisotopic (exact) mass is 342 g/mol. The van der Waals surface area contributed by atoms with Crippen LogP contribution in [0.5, 0.6) is 0 Å². The van der Waals surface area contributed by atoms with E-state index in [1.54, 1.807) is 23.2 Å². The van der Waals surface area contributed by atoms with Crippen molar-refractivity contribution in [2.24, 2.45) is 0 Å². The number of carbonyl (C=O) groups excluding carboxylic acids is 2.